The van der Waals surface area contributed by atoms with Gasteiger partial charge in [-0.15, -0.1) is 0 Å². The third-order valence-corrected chi connectivity index (χ3v) is 3.23. The van der Waals surface area contributed by atoms with Crippen LogP contribution in [0.3, 0.4) is 0 Å². The Morgan fingerprint density at radius 2 is 2.24 bits per heavy atom. The summed E-state index contributed by atoms with van der Waals surface area (Å²) < 4.78 is 0. The van der Waals surface area contributed by atoms with Crippen LogP contribution in [0.2, 0.25) is 0 Å². The zero-order valence-corrected chi connectivity index (χ0v) is 10.7. The van der Waals surface area contributed by atoms with Crippen molar-refractivity contribution < 1.29 is 4.79 Å². The highest BCUT2D eigenvalue weighted by atomic mass is 16.2. The van der Waals surface area contributed by atoms with Crippen LogP contribution in [0, 0.1) is 12.8 Å². The van der Waals surface area contributed by atoms with Crippen molar-refractivity contribution in [1.29, 1.82) is 0 Å². The van der Waals surface area contributed by atoms with Crippen molar-refractivity contribution in [1.82, 2.24) is 15.1 Å². The molecule has 1 saturated carbocycles. The summed E-state index contributed by atoms with van der Waals surface area (Å²) in [7, 11) is 0. The van der Waals surface area contributed by atoms with E-state index in [0.29, 0.717) is 17.3 Å². The lowest BCUT2D eigenvalue weighted by Gasteiger charge is -2.26. The fourth-order valence-electron chi connectivity index (χ4n) is 1.84. The number of hydrogen-bond acceptors (Lipinski definition) is 3. The Morgan fingerprint density at radius 1 is 1.59 bits per heavy atom. The Hall–Kier alpha value is -1.52. The molecule has 2 rings (SSSR count). The highest BCUT2D eigenvalue weighted by molar-refractivity contribution is 5.97. The van der Waals surface area contributed by atoms with Crippen LogP contribution in [-0.2, 0) is 0 Å². The molecular formula is C12H20N4O. The fraction of sp³-hybridized carbons (Fsp3) is 0.667. The lowest BCUT2D eigenvalue weighted by atomic mass is 10.2. The summed E-state index contributed by atoms with van der Waals surface area (Å²) in [6.07, 6.45) is 2.46. The van der Waals surface area contributed by atoms with Gasteiger partial charge < -0.3 is 10.6 Å². The third-order valence-electron chi connectivity index (χ3n) is 3.23. The fourth-order valence-corrected chi connectivity index (χ4v) is 1.84. The van der Waals surface area contributed by atoms with Crippen molar-refractivity contribution in [2.75, 3.05) is 12.3 Å². The molecule has 0 aliphatic heterocycles. The topological polar surface area (TPSA) is 75.0 Å². The molecule has 1 aliphatic carbocycles. The smallest absolute Gasteiger partial charge is 0.276 e. The molecule has 1 amide bonds. The number of nitrogens with zero attached hydrogens (tertiary/aromatic N) is 2. The Balaban J connectivity index is 2.17. The van der Waals surface area contributed by atoms with E-state index < -0.39 is 0 Å². The van der Waals surface area contributed by atoms with Crippen molar-refractivity contribution in [3.63, 3.8) is 0 Å². The minimum absolute atomic E-state index is 0.0613. The molecule has 0 aromatic carbocycles. The van der Waals surface area contributed by atoms with Crippen LogP contribution in [0.15, 0.2) is 0 Å². The summed E-state index contributed by atoms with van der Waals surface area (Å²) in [6, 6.07) is 0.180. The number of hydrogen-bond donors (Lipinski definition) is 2. The van der Waals surface area contributed by atoms with Crippen LogP contribution in [0.4, 0.5) is 5.69 Å². The molecule has 1 heterocycles. The highest BCUT2D eigenvalue weighted by Gasteiger charge is 2.30. The van der Waals surface area contributed by atoms with E-state index in [1.165, 1.54) is 12.8 Å². The molecule has 0 unspecified atom stereocenters. The number of aromatic nitrogens is 2. The minimum Gasteiger partial charge on any atom is -0.395 e. The summed E-state index contributed by atoms with van der Waals surface area (Å²) in [5, 5.41) is 6.76. The highest BCUT2D eigenvalue weighted by Crippen LogP contribution is 2.31. The molecule has 1 aromatic rings. The Labute approximate surface area is 101 Å². The number of aryl methyl sites for hydroxylation is 1. The largest absolute Gasteiger partial charge is 0.395 e. The van der Waals surface area contributed by atoms with Gasteiger partial charge in [-0.2, -0.15) is 5.10 Å². The van der Waals surface area contributed by atoms with Crippen LogP contribution >= 0.6 is 0 Å². The molecule has 5 heteroatoms. The normalized spacial score (nSPS) is 15.3. The second kappa shape index (κ2) is 4.39. The van der Waals surface area contributed by atoms with Crippen LogP contribution in [-0.4, -0.2) is 33.6 Å². The van der Waals surface area contributed by atoms with Gasteiger partial charge in [-0.1, -0.05) is 0 Å². The van der Waals surface area contributed by atoms with Gasteiger partial charge in [0.25, 0.3) is 5.91 Å². The van der Waals surface area contributed by atoms with Gasteiger partial charge in [0.1, 0.15) is 0 Å². The lowest BCUT2D eigenvalue weighted by Crippen LogP contribution is -2.39. The first kappa shape index (κ1) is 12.0. The molecule has 0 saturated heterocycles. The Kier molecular flexibility index (Phi) is 3.09. The number of nitrogens with one attached hydrogen (secondary N) is 1. The zero-order chi connectivity index (χ0) is 12.6. The second-order valence-electron chi connectivity index (χ2n) is 5.11. The van der Waals surface area contributed by atoms with Gasteiger partial charge in [-0.25, -0.2) is 0 Å². The summed E-state index contributed by atoms with van der Waals surface area (Å²) >= 11 is 0. The second-order valence-corrected chi connectivity index (χ2v) is 5.11. The maximum absolute atomic E-state index is 12.3. The van der Waals surface area contributed by atoms with Crippen molar-refractivity contribution in [3.8, 4) is 0 Å². The predicted molar refractivity (Wildman–Crippen MR) is 66.6 cm³/mol. The van der Waals surface area contributed by atoms with Gasteiger partial charge in [0.2, 0.25) is 0 Å². The molecule has 0 atom stereocenters. The van der Waals surface area contributed by atoms with Gasteiger partial charge in [-0.05, 0) is 39.5 Å². The molecule has 1 aromatic heterocycles. The average molecular weight is 236 g/mol. The van der Waals surface area contributed by atoms with E-state index in [9.17, 15) is 4.79 Å². The molecule has 0 bridgehead atoms. The van der Waals surface area contributed by atoms with Gasteiger partial charge >= 0.3 is 0 Å². The van der Waals surface area contributed by atoms with E-state index in [1.54, 1.807) is 0 Å². The summed E-state index contributed by atoms with van der Waals surface area (Å²) in [5.41, 5.74) is 7.43. The van der Waals surface area contributed by atoms with Gasteiger partial charge in [0.15, 0.2) is 5.69 Å². The first-order chi connectivity index (χ1) is 8.00. The SMILES string of the molecule is Cc1[nH]nc(C(=O)N(CC2CC2)C(C)C)c1N. The Morgan fingerprint density at radius 3 is 2.65 bits per heavy atom. The van der Waals surface area contributed by atoms with E-state index in [4.69, 9.17) is 5.73 Å². The van der Waals surface area contributed by atoms with E-state index in [-0.39, 0.29) is 11.9 Å². The molecule has 0 spiro atoms. The summed E-state index contributed by atoms with van der Waals surface area (Å²) in [4.78, 5) is 14.2. The van der Waals surface area contributed by atoms with Gasteiger partial charge in [-0.3, -0.25) is 9.89 Å². The van der Waals surface area contributed by atoms with Crippen molar-refractivity contribution >= 4 is 11.6 Å². The molecule has 5 nitrogen and oxygen atoms in total. The Bertz CT molecular complexity index is 420. The molecular weight excluding hydrogens is 216 g/mol. The minimum atomic E-state index is -0.0613. The van der Waals surface area contributed by atoms with Crippen molar-refractivity contribution in [2.24, 2.45) is 5.92 Å². The maximum atomic E-state index is 12.3. The number of H-pyrrole nitrogens is 1. The predicted octanol–water partition coefficient (Wildman–Crippen LogP) is 1.56. The molecule has 1 aliphatic rings. The van der Waals surface area contributed by atoms with Crippen LogP contribution < -0.4 is 5.73 Å². The molecule has 17 heavy (non-hydrogen) atoms. The average Bonchev–Trinajstić information content (AvgIpc) is 3.03. The third kappa shape index (κ3) is 2.43. The number of rotatable bonds is 4. The van der Waals surface area contributed by atoms with Crippen LogP contribution in [0.1, 0.15) is 42.9 Å². The number of nitrogen functional groups attached to an aromatic ring is 1. The first-order valence-corrected chi connectivity index (χ1v) is 6.12. The molecule has 1 fully saturated rings. The number of carbonyl (C=O) groups is 1. The van der Waals surface area contributed by atoms with Crippen LogP contribution in [0.25, 0.3) is 0 Å². The van der Waals surface area contributed by atoms with E-state index in [0.717, 1.165) is 12.2 Å². The first-order valence-electron chi connectivity index (χ1n) is 6.12. The van der Waals surface area contributed by atoms with Gasteiger partial charge in [0.05, 0.1) is 11.4 Å². The van der Waals surface area contributed by atoms with E-state index in [1.807, 2.05) is 25.7 Å². The number of amides is 1. The quantitative estimate of drug-likeness (QED) is 0.833. The molecule has 94 valence electrons. The maximum Gasteiger partial charge on any atom is 0.276 e. The summed E-state index contributed by atoms with van der Waals surface area (Å²) in [6.45, 7) is 6.69. The molecule has 3 N–H and O–H groups in total. The van der Waals surface area contributed by atoms with E-state index >= 15 is 0 Å². The summed E-state index contributed by atoms with van der Waals surface area (Å²) in [5.74, 6) is 0.608. The van der Waals surface area contributed by atoms with Crippen molar-refractivity contribution in [2.45, 2.75) is 39.7 Å². The monoisotopic (exact) mass is 236 g/mol. The van der Waals surface area contributed by atoms with Crippen LogP contribution in [0.5, 0.6) is 0 Å². The zero-order valence-electron chi connectivity index (χ0n) is 10.7. The standard InChI is InChI=1S/C12H20N4O/c1-7(2)16(6-9-4-5-9)12(17)11-10(13)8(3)14-15-11/h7,9H,4-6,13H2,1-3H3,(H,14,15). The number of carbonyl (C=O) groups excluding carboxylic acids is 1. The molecule has 0 radical (unpaired) electrons. The number of aromatic amines is 1. The van der Waals surface area contributed by atoms with Crippen molar-refractivity contribution in [3.05, 3.63) is 11.4 Å². The lowest BCUT2D eigenvalue weighted by molar-refractivity contribution is 0.0691. The van der Waals surface area contributed by atoms with Gasteiger partial charge in [0, 0.05) is 12.6 Å². The number of nitrogens with two attached hydrogens (primary N) is 1. The van der Waals surface area contributed by atoms with E-state index in [2.05, 4.69) is 10.2 Å². The number of anilines is 1.